The summed E-state index contributed by atoms with van der Waals surface area (Å²) >= 11 is 1.96. The second-order valence-corrected chi connectivity index (χ2v) is 7.58. The number of nitrogens with one attached hydrogen (secondary N) is 1. The highest BCUT2D eigenvalue weighted by Crippen LogP contribution is 2.20. The van der Waals surface area contributed by atoms with Crippen LogP contribution >= 0.6 is 11.8 Å². The van der Waals surface area contributed by atoms with Crippen LogP contribution in [-0.4, -0.2) is 72.8 Å². The monoisotopic (exact) mass is 349 g/mol. The smallest absolute Gasteiger partial charge is 0.322 e. The summed E-state index contributed by atoms with van der Waals surface area (Å²) in [4.78, 5) is 17.4. The first-order valence-electron chi connectivity index (χ1n) is 8.75. The molecule has 0 aliphatic carbocycles. The quantitative estimate of drug-likeness (QED) is 0.911. The molecule has 2 fully saturated rings. The predicted molar refractivity (Wildman–Crippen MR) is 99.9 cm³/mol. The summed E-state index contributed by atoms with van der Waals surface area (Å²) in [7, 11) is 0. The van der Waals surface area contributed by atoms with Gasteiger partial charge >= 0.3 is 6.03 Å². The maximum Gasteiger partial charge on any atom is 0.322 e. The van der Waals surface area contributed by atoms with Crippen LogP contribution in [-0.2, 0) is 4.74 Å². The van der Waals surface area contributed by atoms with Crippen molar-refractivity contribution in [1.29, 1.82) is 0 Å². The van der Waals surface area contributed by atoms with Crippen molar-refractivity contribution in [3.05, 3.63) is 29.8 Å². The molecule has 0 bridgehead atoms. The second-order valence-electron chi connectivity index (χ2n) is 6.43. The minimum atomic E-state index is 0.0325. The molecule has 1 atom stereocenters. The van der Waals surface area contributed by atoms with Crippen molar-refractivity contribution < 1.29 is 9.53 Å². The van der Waals surface area contributed by atoms with Crippen LogP contribution < -0.4 is 5.32 Å². The lowest BCUT2D eigenvalue weighted by Gasteiger charge is -2.35. The number of thioether (sulfide) groups is 1. The molecule has 24 heavy (non-hydrogen) atoms. The number of urea groups is 1. The molecule has 0 spiro atoms. The standard InChI is InChI=1S/C18H27N3O2S/c1-15-5-2-3-6-17(15)19-18(22)21-7-4-12-24-14-16(21)13-20-8-10-23-11-9-20/h2-3,5-6,16H,4,7-14H2,1H3,(H,19,22)/t16-/m0/s1. The van der Waals surface area contributed by atoms with E-state index in [0.29, 0.717) is 0 Å². The zero-order valence-electron chi connectivity index (χ0n) is 14.4. The minimum absolute atomic E-state index is 0.0325. The van der Waals surface area contributed by atoms with E-state index in [0.717, 1.165) is 68.6 Å². The zero-order valence-corrected chi connectivity index (χ0v) is 15.2. The number of para-hydroxylation sites is 1. The largest absolute Gasteiger partial charge is 0.379 e. The Morgan fingerprint density at radius 1 is 1.29 bits per heavy atom. The fourth-order valence-corrected chi connectivity index (χ4v) is 4.29. The summed E-state index contributed by atoms with van der Waals surface area (Å²) in [5.41, 5.74) is 2.00. The van der Waals surface area contributed by atoms with Gasteiger partial charge in [-0.2, -0.15) is 11.8 Å². The summed E-state index contributed by atoms with van der Waals surface area (Å²) in [6, 6.07) is 8.25. The molecule has 3 rings (SSSR count). The first-order valence-corrected chi connectivity index (χ1v) is 9.90. The lowest BCUT2D eigenvalue weighted by atomic mass is 10.2. The van der Waals surface area contributed by atoms with Crippen LogP contribution in [0.3, 0.4) is 0 Å². The van der Waals surface area contributed by atoms with Crippen LogP contribution in [0, 0.1) is 6.92 Å². The van der Waals surface area contributed by atoms with Crippen LogP contribution in [0.2, 0.25) is 0 Å². The number of ether oxygens (including phenoxy) is 1. The van der Waals surface area contributed by atoms with E-state index in [9.17, 15) is 4.79 Å². The van der Waals surface area contributed by atoms with Gasteiger partial charge in [-0.25, -0.2) is 4.79 Å². The topological polar surface area (TPSA) is 44.8 Å². The van der Waals surface area contributed by atoms with Gasteiger partial charge in [0.1, 0.15) is 0 Å². The van der Waals surface area contributed by atoms with Gasteiger partial charge in [0.25, 0.3) is 0 Å². The van der Waals surface area contributed by atoms with Gasteiger partial charge in [-0.3, -0.25) is 4.90 Å². The summed E-state index contributed by atoms with van der Waals surface area (Å²) in [6.07, 6.45) is 1.06. The molecule has 5 nitrogen and oxygen atoms in total. The van der Waals surface area contributed by atoms with Crippen molar-refractivity contribution in [2.75, 3.05) is 56.2 Å². The average molecular weight is 350 g/mol. The maximum absolute atomic E-state index is 12.9. The number of anilines is 1. The molecule has 0 aromatic heterocycles. The predicted octanol–water partition coefficient (Wildman–Crippen LogP) is 2.67. The number of carbonyl (C=O) groups is 1. The Morgan fingerprint density at radius 2 is 2.08 bits per heavy atom. The Hall–Kier alpha value is -1.24. The molecular weight excluding hydrogens is 322 g/mol. The number of nitrogens with zero attached hydrogens (tertiary/aromatic N) is 2. The lowest BCUT2D eigenvalue weighted by molar-refractivity contribution is 0.0288. The minimum Gasteiger partial charge on any atom is -0.379 e. The number of aryl methyl sites for hydroxylation is 1. The normalized spacial score (nSPS) is 22.9. The van der Waals surface area contributed by atoms with Gasteiger partial charge in [0.05, 0.1) is 19.3 Å². The molecule has 2 amide bonds. The number of hydrogen-bond donors (Lipinski definition) is 1. The van der Waals surface area contributed by atoms with Crippen molar-refractivity contribution in [3.63, 3.8) is 0 Å². The zero-order chi connectivity index (χ0) is 16.8. The maximum atomic E-state index is 12.9. The van der Waals surface area contributed by atoms with Crippen molar-refractivity contribution in [2.45, 2.75) is 19.4 Å². The lowest BCUT2D eigenvalue weighted by Crippen LogP contribution is -2.51. The molecule has 2 aliphatic heterocycles. The van der Waals surface area contributed by atoms with E-state index in [1.54, 1.807) is 0 Å². The first-order chi connectivity index (χ1) is 11.7. The van der Waals surface area contributed by atoms with E-state index >= 15 is 0 Å². The summed E-state index contributed by atoms with van der Waals surface area (Å²) in [5, 5.41) is 3.11. The van der Waals surface area contributed by atoms with E-state index in [1.165, 1.54) is 0 Å². The van der Waals surface area contributed by atoms with Gasteiger partial charge in [0.2, 0.25) is 0 Å². The van der Waals surface area contributed by atoms with Crippen LogP contribution in [0.4, 0.5) is 10.5 Å². The number of morpholine rings is 1. The van der Waals surface area contributed by atoms with Crippen LogP contribution in [0.15, 0.2) is 24.3 Å². The Bertz CT molecular complexity index is 549. The number of carbonyl (C=O) groups excluding carboxylic acids is 1. The van der Waals surface area contributed by atoms with Gasteiger partial charge in [0.15, 0.2) is 0 Å². The Kier molecular flexibility index (Phi) is 6.40. The first kappa shape index (κ1) is 17.6. The molecule has 2 saturated heterocycles. The summed E-state index contributed by atoms with van der Waals surface area (Å²) < 4.78 is 5.44. The highest BCUT2D eigenvalue weighted by molar-refractivity contribution is 7.99. The van der Waals surface area contributed by atoms with E-state index < -0.39 is 0 Å². The van der Waals surface area contributed by atoms with Crippen LogP contribution in [0.5, 0.6) is 0 Å². The number of benzene rings is 1. The molecular formula is C18H27N3O2S. The molecule has 6 heteroatoms. The molecule has 2 heterocycles. The fourth-order valence-electron chi connectivity index (χ4n) is 3.23. The van der Waals surface area contributed by atoms with Crippen molar-refractivity contribution in [3.8, 4) is 0 Å². The molecule has 1 aromatic carbocycles. The van der Waals surface area contributed by atoms with E-state index in [1.807, 2.05) is 47.9 Å². The third kappa shape index (κ3) is 4.65. The van der Waals surface area contributed by atoms with Gasteiger partial charge in [-0.1, -0.05) is 18.2 Å². The number of amides is 2. The number of hydrogen-bond acceptors (Lipinski definition) is 4. The third-order valence-corrected chi connectivity index (χ3v) is 5.86. The van der Waals surface area contributed by atoms with Gasteiger partial charge in [-0.05, 0) is 30.7 Å². The Labute approximate surface area is 148 Å². The van der Waals surface area contributed by atoms with Gasteiger partial charge < -0.3 is 15.0 Å². The molecule has 0 unspecified atom stereocenters. The fraction of sp³-hybridized carbons (Fsp3) is 0.611. The summed E-state index contributed by atoms with van der Waals surface area (Å²) in [6.45, 7) is 7.34. The molecule has 0 radical (unpaired) electrons. The van der Waals surface area contributed by atoms with E-state index in [4.69, 9.17) is 4.74 Å². The Balaban J connectivity index is 1.66. The summed E-state index contributed by atoms with van der Waals surface area (Å²) in [5.74, 6) is 2.15. The average Bonchev–Trinajstić information content (AvgIpc) is 2.83. The van der Waals surface area contributed by atoms with Crippen LogP contribution in [0.1, 0.15) is 12.0 Å². The van der Waals surface area contributed by atoms with E-state index in [-0.39, 0.29) is 12.1 Å². The van der Waals surface area contributed by atoms with Crippen LogP contribution in [0.25, 0.3) is 0 Å². The molecule has 132 valence electrons. The number of rotatable bonds is 3. The molecule has 1 aromatic rings. The van der Waals surface area contributed by atoms with Gasteiger partial charge in [-0.15, -0.1) is 0 Å². The van der Waals surface area contributed by atoms with Crippen molar-refractivity contribution in [2.24, 2.45) is 0 Å². The molecule has 2 aliphatic rings. The van der Waals surface area contributed by atoms with Crippen molar-refractivity contribution in [1.82, 2.24) is 9.80 Å². The highest BCUT2D eigenvalue weighted by Gasteiger charge is 2.28. The molecule has 1 N–H and O–H groups in total. The second kappa shape index (κ2) is 8.74. The third-order valence-electron chi connectivity index (χ3n) is 4.66. The van der Waals surface area contributed by atoms with E-state index in [2.05, 4.69) is 10.2 Å². The SMILES string of the molecule is Cc1ccccc1NC(=O)N1CCCSC[C@@H]1CN1CCOCC1. The Morgan fingerprint density at radius 3 is 2.88 bits per heavy atom. The van der Waals surface area contributed by atoms with Gasteiger partial charge in [0, 0.05) is 37.6 Å². The van der Waals surface area contributed by atoms with Crippen molar-refractivity contribution >= 4 is 23.5 Å². The molecule has 0 saturated carbocycles. The highest BCUT2D eigenvalue weighted by atomic mass is 32.2.